The normalized spacial score (nSPS) is 14.7. The zero-order chi connectivity index (χ0) is 21.1. The standard InChI is InChI=1S/C20H25ClN4O3S/c1-13-18(20(27)23(2)3)29-17(22-13)12-24-7-9-25(10-8-24)19(26)15-11-14(21)5-6-16(15)28-4/h5-6,11H,7-10,12H2,1-4H3. The number of nitrogens with zero attached hydrogens (tertiary/aromatic N) is 4. The van der Waals surface area contributed by atoms with Gasteiger partial charge in [-0.1, -0.05) is 11.6 Å². The van der Waals surface area contributed by atoms with Gasteiger partial charge in [-0.25, -0.2) is 4.98 Å². The van der Waals surface area contributed by atoms with Crippen LogP contribution in [-0.2, 0) is 6.54 Å². The van der Waals surface area contributed by atoms with Gasteiger partial charge in [0.2, 0.25) is 0 Å². The van der Waals surface area contributed by atoms with Gasteiger partial charge >= 0.3 is 0 Å². The van der Waals surface area contributed by atoms with Crippen molar-refractivity contribution >= 4 is 34.8 Å². The third-order valence-corrected chi connectivity index (χ3v) is 6.22. The average molecular weight is 437 g/mol. The smallest absolute Gasteiger partial charge is 0.265 e. The molecule has 9 heteroatoms. The first-order chi connectivity index (χ1) is 13.8. The molecular weight excluding hydrogens is 412 g/mol. The number of amides is 2. The van der Waals surface area contributed by atoms with Crippen LogP contribution in [0.5, 0.6) is 5.75 Å². The van der Waals surface area contributed by atoms with Gasteiger partial charge in [-0.2, -0.15) is 0 Å². The van der Waals surface area contributed by atoms with Crippen molar-refractivity contribution in [3.8, 4) is 5.75 Å². The van der Waals surface area contributed by atoms with Crippen LogP contribution < -0.4 is 4.74 Å². The SMILES string of the molecule is COc1ccc(Cl)cc1C(=O)N1CCN(Cc2nc(C)c(C(=O)N(C)C)s2)CC1. The maximum absolute atomic E-state index is 12.9. The molecule has 0 bridgehead atoms. The maximum atomic E-state index is 12.9. The highest BCUT2D eigenvalue weighted by Crippen LogP contribution is 2.25. The van der Waals surface area contributed by atoms with Crippen molar-refractivity contribution in [2.75, 3.05) is 47.4 Å². The summed E-state index contributed by atoms with van der Waals surface area (Å²) in [6.45, 7) is 5.25. The molecule has 0 aliphatic carbocycles. The summed E-state index contributed by atoms with van der Waals surface area (Å²) in [6, 6.07) is 5.07. The van der Waals surface area contributed by atoms with E-state index in [0.717, 1.165) is 23.8 Å². The minimum atomic E-state index is -0.0760. The molecular formula is C20H25ClN4O3S. The fourth-order valence-electron chi connectivity index (χ4n) is 3.24. The summed E-state index contributed by atoms with van der Waals surface area (Å²) in [5.41, 5.74) is 1.25. The van der Waals surface area contributed by atoms with Crippen molar-refractivity contribution < 1.29 is 14.3 Å². The Morgan fingerprint density at radius 1 is 1.24 bits per heavy atom. The zero-order valence-electron chi connectivity index (χ0n) is 17.1. The minimum Gasteiger partial charge on any atom is -0.496 e. The Morgan fingerprint density at radius 2 is 1.93 bits per heavy atom. The number of methoxy groups -OCH3 is 1. The number of benzene rings is 1. The molecule has 0 spiro atoms. The Bertz CT molecular complexity index is 907. The Morgan fingerprint density at radius 3 is 2.55 bits per heavy atom. The summed E-state index contributed by atoms with van der Waals surface area (Å²) in [4.78, 5) is 36.0. The van der Waals surface area contributed by atoms with Crippen LogP contribution in [0.25, 0.3) is 0 Å². The van der Waals surface area contributed by atoms with Crippen LogP contribution in [0.4, 0.5) is 0 Å². The molecule has 1 aliphatic heterocycles. The molecule has 1 fully saturated rings. The largest absolute Gasteiger partial charge is 0.496 e. The van der Waals surface area contributed by atoms with Gasteiger partial charge in [0.05, 0.1) is 24.9 Å². The van der Waals surface area contributed by atoms with Gasteiger partial charge in [0.15, 0.2) is 0 Å². The van der Waals surface area contributed by atoms with Crippen molar-refractivity contribution in [3.05, 3.63) is 44.4 Å². The molecule has 3 rings (SSSR count). The van der Waals surface area contributed by atoms with Gasteiger partial charge in [0.1, 0.15) is 15.6 Å². The molecule has 0 atom stereocenters. The Labute approximate surface area is 179 Å². The molecule has 29 heavy (non-hydrogen) atoms. The van der Waals surface area contributed by atoms with Crippen molar-refractivity contribution in [1.82, 2.24) is 19.7 Å². The molecule has 0 N–H and O–H groups in total. The molecule has 1 aromatic heterocycles. The first kappa shape index (κ1) is 21.5. The number of aromatic nitrogens is 1. The fourth-order valence-corrected chi connectivity index (χ4v) is 4.54. The van der Waals surface area contributed by atoms with Gasteiger partial charge in [-0.15, -0.1) is 11.3 Å². The molecule has 1 aliphatic rings. The van der Waals surface area contributed by atoms with Gasteiger partial charge in [-0.3, -0.25) is 14.5 Å². The van der Waals surface area contributed by atoms with E-state index in [9.17, 15) is 9.59 Å². The van der Waals surface area contributed by atoms with Crippen molar-refractivity contribution in [1.29, 1.82) is 0 Å². The van der Waals surface area contributed by atoms with E-state index in [-0.39, 0.29) is 11.8 Å². The molecule has 0 saturated carbocycles. The highest BCUT2D eigenvalue weighted by atomic mass is 35.5. The molecule has 0 radical (unpaired) electrons. The monoisotopic (exact) mass is 436 g/mol. The van der Waals surface area contributed by atoms with E-state index in [0.29, 0.717) is 40.8 Å². The molecule has 2 amide bonds. The topological polar surface area (TPSA) is 66.0 Å². The quantitative estimate of drug-likeness (QED) is 0.721. The summed E-state index contributed by atoms with van der Waals surface area (Å²) in [5.74, 6) is 0.434. The summed E-state index contributed by atoms with van der Waals surface area (Å²) in [5, 5.41) is 1.43. The Balaban J connectivity index is 1.61. The third kappa shape index (κ3) is 4.88. The van der Waals surface area contributed by atoms with Crippen molar-refractivity contribution in [2.24, 2.45) is 0 Å². The lowest BCUT2D eigenvalue weighted by Gasteiger charge is -2.34. The van der Waals surface area contributed by atoms with Gasteiger partial charge in [0.25, 0.3) is 11.8 Å². The number of halogens is 1. The average Bonchev–Trinajstić information content (AvgIpc) is 3.07. The number of aryl methyl sites for hydroxylation is 1. The lowest BCUT2D eigenvalue weighted by molar-refractivity contribution is 0.0625. The maximum Gasteiger partial charge on any atom is 0.265 e. The van der Waals surface area contributed by atoms with Gasteiger partial charge < -0.3 is 14.5 Å². The number of piperazine rings is 1. The van der Waals surface area contributed by atoms with Crippen molar-refractivity contribution in [3.63, 3.8) is 0 Å². The lowest BCUT2D eigenvalue weighted by Crippen LogP contribution is -2.48. The molecule has 1 aromatic carbocycles. The van der Waals surface area contributed by atoms with Crippen LogP contribution >= 0.6 is 22.9 Å². The highest BCUT2D eigenvalue weighted by Gasteiger charge is 2.26. The number of hydrogen-bond donors (Lipinski definition) is 0. The second-order valence-corrected chi connectivity index (χ2v) is 8.65. The number of carbonyl (C=O) groups is 2. The number of hydrogen-bond acceptors (Lipinski definition) is 6. The Hall–Kier alpha value is -2.16. The van der Waals surface area contributed by atoms with E-state index in [1.165, 1.54) is 11.3 Å². The van der Waals surface area contributed by atoms with E-state index in [4.69, 9.17) is 16.3 Å². The van der Waals surface area contributed by atoms with Crippen LogP contribution in [0.2, 0.25) is 5.02 Å². The Kier molecular flexibility index (Phi) is 6.77. The number of ether oxygens (including phenoxy) is 1. The number of rotatable bonds is 5. The van der Waals surface area contributed by atoms with Crippen LogP contribution in [0.3, 0.4) is 0 Å². The molecule has 156 valence electrons. The molecule has 1 saturated heterocycles. The van der Waals surface area contributed by atoms with E-state index < -0.39 is 0 Å². The summed E-state index contributed by atoms with van der Waals surface area (Å²) < 4.78 is 5.31. The summed E-state index contributed by atoms with van der Waals surface area (Å²) in [6.07, 6.45) is 0. The second kappa shape index (κ2) is 9.11. The van der Waals surface area contributed by atoms with Crippen LogP contribution in [0, 0.1) is 6.92 Å². The molecule has 2 aromatic rings. The second-order valence-electron chi connectivity index (χ2n) is 7.13. The molecule has 7 nitrogen and oxygen atoms in total. The van der Waals surface area contributed by atoms with Gasteiger partial charge in [0, 0.05) is 45.3 Å². The predicted octanol–water partition coefficient (Wildman–Crippen LogP) is 2.77. The van der Waals surface area contributed by atoms with E-state index in [1.54, 1.807) is 44.3 Å². The van der Waals surface area contributed by atoms with Crippen molar-refractivity contribution in [2.45, 2.75) is 13.5 Å². The van der Waals surface area contributed by atoms with E-state index >= 15 is 0 Å². The first-order valence-electron chi connectivity index (χ1n) is 9.33. The number of thiazole rings is 1. The predicted molar refractivity (Wildman–Crippen MR) is 114 cm³/mol. The minimum absolute atomic E-state index is 0.0165. The third-order valence-electron chi connectivity index (χ3n) is 4.85. The summed E-state index contributed by atoms with van der Waals surface area (Å²) in [7, 11) is 5.03. The lowest BCUT2D eigenvalue weighted by atomic mass is 10.1. The van der Waals surface area contributed by atoms with E-state index in [1.807, 2.05) is 11.8 Å². The number of carbonyl (C=O) groups excluding carboxylic acids is 2. The molecule has 2 heterocycles. The summed E-state index contributed by atoms with van der Waals surface area (Å²) >= 11 is 7.50. The first-order valence-corrected chi connectivity index (χ1v) is 10.5. The van der Waals surface area contributed by atoms with Crippen LogP contribution in [-0.4, -0.2) is 78.9 Å². The fraction of sp³-hybridized carbons (Fsp3) is 0.450. The van der Waals surface area contributed by atoms with Gasteiger partial charge in [-0.05, 0) is 25.1 Å². The molecule has 0 unspecified atom stereocenters. The van der Waals surface area contributed by atoms with Crippen LogP contribution in [0.1, 0.15) is 30.7 Å². The zero-order valence-corrected chi connectivity index (χ0v) is 18.6. The highest BCUT2D eigenvalue weighted by molar-refractivity contribution is 7.13. The van der Waals surface area contributed by atoms with Crippen LogP contribution in [0.15, 0.2) is 18.2 Å². The van der Waals surface area contributed by atoms with E-state index in [2.05, 4.69) is 9.88 Å².